The Kier molecular flexibility index (Phi) is 4.48. The molecule has 116 valence electrons. The Bertz CT molecular complexity index is 468. The van der Waals surface area contributed by atoms with Gasteiger partial charge in [0, 0.05) is 44.5 Å². The smallest absolute Gasteiger partial charge is 0.0415 e. The van der Waals surface area contributed by atoms with Crippen LogP contribution in [0.15, 0.2) is 24.3 Å². The number of para-hydroxylation sites is 1. The zero-order chi connectivity index (χ0) is 14.8. The van der Waals surface area contributed by atoms with E-state index in [9.17, 15) is 0 Å². The van der Waals surface area contributed by atoms with Gasteiger partial charge in [-0.05, 0) is 44.6 Å². The van der Waals surface area contributed by atoms with E-state index in [1.807, 2.05) is 0 Å². The third-order valence-corrected chi connectivity index (χ3v) is 5.11. The van der Waals surface area contributed by atoms with Gasteiger partial charge in [-0.3, -0.25) is 4.90 Å². The molecule has 0 spiro atoms. The van der Waals surface area contributed by atoms with Crippen molar-refractivity contribution < 1.29 is 0 Å². The summed E-state index contributed by atoms with van der Waals surface area (Å²) in [5.74, 6) is 0.639. The Morgan fingerprint density at radius 3 is 2.48 bits per heavy atom. The third kappa shape index (κ3) is 3.07. The fourth-order valence-corrected chi connectivity index (χ4v) is 3.74. The molecule has 0 aromatic heterocycles. The van der Waals surface area contributed by atoms with Crippen LogP contribution >= 0.6 is 0 Å². The van der Waals surface area contributed by atoms with Crippen LogP contribution in [0.5, 0.6) is 0 Å². The molecule has 4 heteroatoms. The fraction of sp³-hybridized carbons (Fsp3) is 0.647. The minimum absolute atomic E-state index is 0.523. The molecule has 0 aliphatic carbocycles. The maximum atomic E-state index is 5.89. The largest absolute Gasteiger partial charge is 0.369 e. The molecule has 0 saturated carbocycles. The van der Waals surface area contributed by atoms with E-state index in [0.29, 0.717) is 12.0 Å². The first kappa shape index (κ1) is 14.8. The van der Waals surface area contributed by atoms with Crippen LogP contribution < -0.4 is 10.6 Å². The van der Waals surface area contributed by atoms with Crippen LogP contribution in [0.2, 0.25) is 0 Å². The zero-order valence-electron chi connectivity index (χ0n) is 13.3. The number of anilines is 1. The minimum atomic E-state index is 0.523. The summed E-state index contributed by atoms with van der Waals surface area (Å²) >= 11 is 0. The molecule has 2 saturated heterocycles. The molecule has 0 radical (unpaired) electrons. The number of nitrogens with zero attached hydrogens (tertiary/aromatic N) is 3. The maximum absolute atomic E-state index is 5.89. The van der Waals surface area contributed by atoms with Crippen molar-refractivity contribution in [2.75, 3.05) is 58.3 Å². The van der Waals surface area contributed by atoms with E-state index in [1.165, 1.54) is 17.7 Å². The monoisotopic (exact) mass is 288 g/mol. The van der Waals surface area contributed by atoms with Gasteiger partial charge in [-0.15, -0.1) is 0 Å². The van der Waals surface area contributed by atoms with Crippen LogP contribution in [-0.4, -0.2) is 63.2 Å². The molecule has 1 aromatic carbocycles. The van der Waals surface area contributed by atoms with Crippen molar-refractivity contribution in [2.45, 2.75) is 12.5 Å². The predicted octanol–water partition coefficient (Wildman–Crippen LogP) is 1.39. The highest BCUT2D eigenvalue weighted by Gasteiger charge is 2.32. The van der Waals surface area contributed by atoms with E-state index in [1.54, 1.807) is 0 Å². The van der Waals surface area contributed by atoms with Gasteiger partial charge in [0.2, 0.25) is 0 Å². The number of likely N-dealkylation sites (N-methyl/N-ethyl adjacent to an activating group) is 1. The Morgan fingerprint density at radius 1 is 1.10 bits per heavy atom. The second-order valence-electron chi connectivity index (χ2n) is 6.64. The first-order valence-electron chi connectivity index (χ1n) is 8.11. The summed E-state index contributed by atoms with van der Waals surface area (Å²) < 4.78 is 0. The summed E-state index contributed by atoms with van der Waals surface area (Å²) in [6, 6.07) is 9.48. The molecule has 2 unspecified atom stereocenters. The molecule has 2 fully saturated rings. The lowest BCUT2D eigenvalue weighted by Crippen LogP contribution is -2.45. The SMILES string of the molecule is CN1CCN(c2ccccc2C2CC(CN)CN2C)CC1. The highest BCUT2D eigenvalue weighted by Crippen LogP contribution is 2.38. The van der Waals surface area contributed by atoms with Gasteiger partial charge < -0.3 is 15.5 Å². The molecule has 4 nitrogen and oxygen atoms in total. The molecule has 2 atom stereocenters. The first-order chi connectivity index (χ1) is 10.2. The van der Waals surface area contributed by atoms with Crippen molar-refractivity contribution >= 4 is 5.69 Å². The van der Waals surface area contributed by atoms with Gasteiger partial charge in [0.15, 0.2) is 0 Å². The van der Waals surface area contributed by atoms with Gasteiger partial charge in [-0.1, -0.05) is 18.2 Å². The van der Waals surface area contributed by atoms with Gasteiger partial charge in [0.05, 0.1) is 0 Å². The number of hydrogen-bond donors (Lipinski definition) is 1. The average molecular weight is 288 g/mol. The predicted molar refractivity (Wildman–Crippen MR) is 88.7 cm³/mol. The lowest BCUT2D eigenvalue weighted by atomic mass is 9.97. The van der Waals surface area contributed by atoms with Gasteiger partial charge in [-0.25, -0.2) is 0 Å². The minimum Gasteiger partial charge on any atom is -0.369 e. The lowest BCUT2D eigenvalue weighted by Gasteiger charge is -2.36. The van der Waals surface area contributed by atoms with Gasteiger partial charge in [0.25, 0.3) is 0 Å². The van der Waals surface area contributed by atoms with Crippen molar-refractivity contribution in [2.24, 2.45) is 11.7 Å². The number of rotatable bonds is 3. The Hall–Kier alpha value is -1.10. The average Bonchev–Trinajstić information content (AvgIpc) is 2.89. The fourth-order valence-electron chi connectivity index (χ4n) is 3.74. The van der Waals surface area contributed by atoms with Crippen molar-refractivity contribution in [3.05, 3.63) is 29.8 Å². The normalized spacial score (nSPS) is 28.2. The first-order valence-corrected chi connectivity index (χ1v) is 8.11. The van der Waals surface area contributed by atoms with Crippen LogP contribution in [0.4, 0.5) is 5.69 Å². The molecule has 2 aliphatic heterocycles. The van der Waals surface area contributed by atoms with Crippen molar-refractivity contribution in [1.82, 2.24) is 9.80 Å². The molecule has 0 bridgehead atoms. The molecule has 2 heterocycles. The van der Waals surface area contributed by atoms with E-state index < -0.39 is 0 Å². The number of benzene rings is 1. The van der Waals surface area contributed by atoms with Crippen LogP contribution in [0.1, 0.15) is 18.0 Å². The summed E-state index contributed by atoms with van der Waals surface area (Å²) in [6.45, 7) is 6.49. The standard InChI is InChI=1S/C17H28N4/c1-19-7-9-21(10-8-19)16-6-4-3-5-15(16)17-11-14(12-18)13-20(17)2/h3-6,14,17H,7-13,18H2,1-2H3. The highest BCUT2D eigenvalue weighted by molar-refractivity contribution is 5.55. The molecule has 1 aromatic rings. The topological polar surface area (TPSA) is 35.7 Å². The maximum Gasteiger partial charge on any atom is 0.0415 e. The molecule has 3 rings (SSSR count). The van der Waals surface area contributed by atoms with E-state index in [-0.39, 0.29) is 0 Å². The molecule has 2 N–H and O–H groups in total. The van der Waals surface area contributed by atoms with E-state index in [0.717, 1.165) is 39.3 Å². The van der Waals surface area contributed by atoms with E-state index in [2.05, 4.69) is 53.1 Å². The van der Waals surface area contributed by atoms with Crippen LogP contribution in [0.3, 0.4) is 0 Å². The molecule has 21 heavy (non-hydrogen) atoms. The van der Waals surface area contributed by atoms with E-state index >= 15 is 0 Å². The lowest BCUT2D eigenvalue weighted by molar-refractivity contribution is 0.305. The summed E-state index contributed by atoms with van der Waals surface area (Å²) in [6.07, 6.45) is 1.19. The van der Waals surface area contributed by atoms with Crippen LogP contribution in [-0.2, 0) is 0 Å². The number of likely N-dealkylation sites (tertiary alicyclic amines) is 1. The zero-order valence-corrected chi connectivity index (χ0v) is 13.3. The second-order valence-corrected chi connectivity index (χ2v) is 6.64. The highest BCUT2D eigenvalue weighted by atomic mass is 15.3. The van der Waals surface area contributed by atoms with Crippen molar-refractivity contribution in [3.63, 3.8) is 0 Å². The number of hydrogen-bond acceptors (Lipinski definition) is 4. The molecule has 2 aliphatic rings. The number of piperazine rings is 1. The van der Waals surface area contributed by atoms with Crippen LogP contribution in [0, 0.1) is 5.92 Å². The molecule has 0 amide bonds. The Morgan fingerprint density at radius 2 is 1.81 bits per heavy atom. The summed E-state index contributed by atoms with van der Waals surface area (Å²) in [5, 5.41) is 0. The summed E-state index contributed by atoms with van der Waals surface area (Å²) in [5.41, 5.74) is 8.81. The van der Waals surface area contributed by atoms with Gasteiger partial charge in [0.1, 0.15) is 0 Å². The van der Waals surface area contributed by atoms with Crippen molar-refractivity contribution in [1.29, 1.82) is 0 Å². The Labute approximate surface area is 128 Å². The Balaban J connectivity index is 1.83. The third-order valence-electron chi connectivity index (χ3n) is 5.11. The summed E-state index contributed by atoms with van der Waals surface area (Å²) in [4.78, 5) is 7.44. The van der Waals surface area contributed by atoms with E-state index in [4.69, 9.17) is 5.73 Å². The quantitative estimate of drug-likeness (QED) is 0.912. The second kappa shape index (κ2) is 6.34. The summed E-state index contributed by atoms with van der Waals surface area (Å²) in [7, 11) is 4.45. The van der Waals surface area contributed by atoms with Crippen molar-refractivity contribution in [3.8, 4) is 0 Å². The van der Waals surface area contributed by atoms with Crippen LogP contribution in [0.25, 0.3) is 0 Å². The number of nitrogens with two attached hydrogens (primary N) is 1. The van der Waals surface area contributed by atoms with Gasteiger partial charge in [-0.2, -0.15) is 0 Å². The molecular formula is C17H28N4. The molecular weight excluding hydrogens is 260 g/mol. The van der Waals surface area contributed by atoms with Gasteiger partial charge >= 0.3 is 0 Å².